The summed E-state index contributed by atoms with van der Waals surface area (Å²) < 4.78 is 23.1. The summed E-state index contributed by atoms with van der Waals surface area (Å²) in [5, 5.41) is 11.5. The van der Waals surface area contributed by atoms with Crippen LogP contribution in [-0.2, 0) is 17.8 Å². The van der Waals surface area contributed by atoms with Gasteiger partial charge in [-0.2, -0.15) is 0 Å². The van der Waals surface area contributed by atoms with Gasteiger partial charge in [-0.3, -0.25) is 0 Å². The number of carbonyl (C=O) groups excluding carboxylic acids is 1. The Balaban J connectivity index is 1.33. The van der Waals surface area contributed by atoms with E-state index in [-0.39, 0.29) is 11.1 Å². The second-order valence-electron chi connectivity index (χ2n) is 9.78. The maximum Gasteiger partial charge on any atom is 0.337 e. The number of fused-ring (bicyclic) bond motifs is 2. The van der Waals surface area contributed by atoms with Gasteiger partial charge in [0.05, 0.1) is 18.2 Å². The molecule has 40 heavy (non-hydrogen) atoms. The van der Waals surface area contributed by atoms with E-state index in [1.165, 1.54) is 19.2 Å². The molecule has 0 unspecified atom stereocenters. The molecule has 0 fully saturated rings. The second-order valence-corrected chi connectivity index (χ2v) is 9.78. The van der Waals surface area contributed by atoms with Crippen LogP contribution in [0.5, 0.6) is 0 Å². The number of rotatable bonds is 7. The van der Waals surface area contributed by atoms with Crippen LogP contribution in [0.4, 0.5) is 4.39 Å². The normalized spacial score (nSPS) is 11.2. The van der Waals surface area contributed by atoms with Gasteiger partial charge in [0, 0.05) is 36.5 Å². The Kier molecular flexibility index (Phi) is 6.40. The zero-order valence-electron chi connectivity index (χ0n) is 21.7. The van der Waals surface area contributed by atoms with Gasteiger partial charge in [-0.25, -0.2) is 14.0 Å². The number of aromatic nitrogens is 2. The minimum Gasteiger partial charge on any atom is -0.478 e. The van der Waals surface area contributed by atoms with Gasteiger partial charge in [0.1, 0.15) is 5.82 Å². The lowest BCUT2D eigenvalue weighted by Gasteiger charge is -2.10. The number of esters is 1. The Morgan fingerprint density at radius 3 is 1.93 bits per heavy atom. The Morgan fingerprint density at radius 1 is 0.725 bits per heavy atom. The number of methoxy groups -OCH3 is 1. The SMILES string of the molecule is COC(=O)c1cc(F)cc(Cn2ccc3ccc(-c4ccc5ccn(Cc6cccc(C(=O)O)c6)c5c4)cc32)c1. The summed E-state index contributed by atoms with van der Waals surface area (Å²) in [4.78, 5) is 23.4. The van der Waals surface area contributed by atoms with Crippen LogP contribution in [0.15, 0.2) is 103 Å². The number of carboxylic acid groups (broad SMARTS) is 1. The number of hydrogen-bond acceptors (Lipinski definition) is 3. The smallest absolute Gasteiger partial charge is 0.337 e. The van der Waals surface area contributed by atoms with E-state index in [0.29, 0.717) is 18.7 Å². The molecule has 6 rings (SSSR count). The van der Waals surface area contributed by atoms with Crippen molar-refractivity contribution in [2.45, 2.75) is 13.1 Å². The van der Waals surface area contributed by atoms with Crippen molar-refractivity contribution in [3.05, 3.63) is 131 Å². The average molecular weight is 533 g/mol. The van der Waals surface area contributed by atoms with Crippen LogP contribution in [0.25, 0.3) is 32.9 Å². The van der Waals surface area contributed by atoms with Crippen LogP contribution >= 0.6 is 0 Å². The first-order valence-corrected chi connectivity index (χ1v) is 12.8. The third kappa shape index (κ3) is 4.85. The second kappa shape index (κ2) is 10.2. The Labute approximate surface area is 229 Å². The molecule has 0 aliphatic heterocycles. The van der Waals surface area contributed by atoms with Crippen molar-refractivity contribution >= 4 is 33.7 Å². The number of aromatic carboxylic acids is 1. The number of carboxylic acids is 1. The lowest BCUT2D eigenvalue weighted by molar-refractivity contribution is 0.0599. The minimum absolute atomic E-state index is 0.181. The molecule has 0 aliphatic rings. The number of nitrogens with zero attached hydrogens (tertiary/aromatic N) is 2. The van der Waals surface area contributed by atoms with E-state index in [2.05, 4.69) is 47.0 Å². The van der Waals surface area contributed by atoms with E-state index in [9.17, 15) is 19.1 Å². The van der Waals surface area contributed by atoms with Gasteiger partial charge in [-0.15, -0.1) is 0 Å². The van der Waals surface area contributed by atoms with Crippen molar-refractivity contribution in [1.29, 1.82) is 0 Å². The maximum atomic E-state index is 14.2. The van der Waals surface area contributed by atoms with Gasteiger partial charge in [-0.1, -0.05) is 36.4 Å². The summed E-state index contributed by atoms with van der Waals surface area (Å²) in [6.07, 6.45) is 3.97. The monoisotopic (exact) mass is 532 g/mol. The Morgan fingerprint density at radius 2 is 1.32 bits per heavy atom. The molecule has 198 valence electrons. The molecule has 0 radical (unpaired) electrons. The Bertz CT molecular complexity index is 1920. The molecule has 2 heterocycles. The van der Waals surface area contributed by atoms with E-state index >= 15 is 0 Å². The van der Waals surface area contributed by atoms with Crippen molar-refractivity contribution in [1.82, 2.24) is 9.13 Å². The fourth-order valence-electron chi connectivity index (χ4n) is 5.18. The van der Waals surface area contributed by atoms with Crippen molar-refractivity contribution in [3.63, 3.8) is 0 Å². The quantitative estimate of drug-likeness (QED) is 0.225. The van der Waals surface area contributed by atoms with Crippen molar-refractivity contribution in [2.24, 2.45) is 0 Å². The molecule has 7 heteroatoms. The first kappa shape index (κ1) is 25.1. The number of carbonyl (C=O) groups is 2. The van der Waals surface area contributed by atoms with Gasteiger partial charge in [0.2, 0.25) is 0 Å². The van der Waals surface area contributed by atoms with Gasteiger partial charge in [0.25, 0.3) is 0 Å². The highest BCUT2D eigenvalue weighted by Crippen LogP contribution is 2.29. The predicted molar refractivity (Wildman–Crippen MR) is 152 cm³/mol. The molecule has 0 bridgehead atoms. The molecule has 0 spiro atoms. The topological polar surface area (TPSA) is 73.5 Å². The number of halogens is 1. The number of benzene rings is 4. The summed E-state index contributed by atoms with van der Waals surface area (Å²) >= 11 is 0. The van der Waals surface area contributed by atoms with Crippen LogP contribution in [-0.4, -0.2) is 33.3 Å². The first-order chi connectivity index (χ1) is 19.4. The van der Waals surface area contributed by atoms with Gasteiger partial charge < -0.3 is 19.0 Å². The lowest BCUT2D eigenvalue weighted by Crippen LogP contribution is -2.05. The molecular weight excluding hydrogens is 507 g/mol. The summed E-state index contributed by atoms with van der Waals surface area (Å²) in [6.45, 7) is 0.948. The van der Waals surface area contributed by atoms with Crippen molar-refractivity contribution in [2.75, 3.05) is 7.11 Å². The standard InChI is InChI=1S/C33H25FN2O4/c1-40-33(39)28-14-22(15-29(34)16-28)20-36-12-10-24-6-8-26(18-31(24)36)25-7-5-23-9-11-35(30(23)17-25)19-21-3-2-4-27(13-21)32(37)38/h2-18H,19-20H2,1H3,(H,37,38). The van der Waals surface area contributed by atoms with E-state index in [1.807, 2.05) is 29.1 Å². The highest BCUT2D eigenvalue weighted by atomic mass is 19.1. The molecule has 2 aromatic heterocycles. The van der Waals surface area contributed by atoms with Crippen LogP contribution < -0.4 is 0 Å². The van der Waals surface area contributed by atoms with Crippen molar-refractivity contribution in [3.8, 4) is 11.1 Å². The lowest BCUT2D eigenvalue weighted by atomic mass is 10.0. The highest BCUT2D eigenvalue weighted by molar-refractivity contribution is 5.91. The average Bonchev–Trinajstić information content (AvgIpc) is 3.55. The molecule has 0 aliphatic carbocycles. The third-order valence-corrected chi connectivity index (χ3v) is 7.14. The predicted octanol–water partition coefficient (Wildman–Crippen LogP) is 6.98. The van der Waals surface area contributed by atoms with E-state index in [1.54, 1.807) is 24.3 Å². The minimum atomic E-state index is -0.942. The fourth-order valence-corrected chi connectivity index (χ4v) is 5.18. The zero-order valence-corrected chi connectivity index (χ0v) is 21.7. The van der Waals surface area contributed by atoms with Gasteiger partial charge in [0.15, 0.2) is 0 Å². The first-order valence-electron chi connectivity index (χ1n) is 12.8. The molecule has 6 nitrogen and oxygen atoms in total. The highest BCUT2D eigenvalue weighted by Gasteiger charge is 2.12. The van der Waals surface area contributed by atoms with Crippen LogP contribution in [0, 0.1) is 5.82 Å². The molecule has 0 atom stereocenters. The molecule has 0 amide bonds. The maximum absolute atomic E-state index is 14.2. The fraction of sp³-hybridized carbons (Fsp3) is 0.0909. The number of hydrogen-bond donors (Lipinski definition) is 1. The molecule has 4 aromatic carbocycles. The van der Waals surface area contributed by atoms with E-state index in [0.717, 1.165) is 38.5 Å². The number of ether oxygens (including phenoxy) is 1. The molecule has 1 N–H and O–H groups in total. The zero-order chi connectivity index (χ0) is 27.8. The van der Waals surface area contributed by atoms with Crippen LogP contribution in [0.1, 0.15) is 31.8 Å². The van der Waals surface area contributed by atoms with Crippen LogP contribution in [0.3, 0.4) is 0 Å². The molecule has 0 saturated heterocycles. The summed E-state index contributed by atoms with van der Waals surface area (Å²) in [7, 11) is 1.28. The van der Waals surface area contributed by atoms with E-state index < -0.39 is 17.8 Å². The summed E-state index contributed by atoms with van der Waals surface area (Å²) in [5.41, 5.74) is 6.13. The molecule has 6 aromatic rings. The van der Waals surface area contributed by atoms with Crippen molar-refractivity contribution < 1.29 is 23.8 Å². The van der Waals surface area contributed by atoms with E-state index in [4.69, 9.17) is 4.74 Å². The largest absolute Gasteiger partial charge is 0.478 e. The van der Waals surface area contributed by atoms with Gasteiger partial charge >= 0.3 is 11.9 Å². The molecule has 0 saturated carbocycles. The van der Waals surface area contributed by atoms with Crippen LogP contribution in [0.2, 0.25) is 0 Å². The van der Waals surface area contributed by atoms with Gasteiger partial charge in [-0.05, 0) is 87.6 Å². The molecular formula is C33H25FN2O4. The Hall–Kier alpha value is -5.17. The summed E-state index contributed by atoms with van der Waals surface area (Å²) in [5.74, 6) is -2.00. The summed E-state index contributed by atoms with van der Waals surface area (Å²) in [6, 6.07) is 27.9. The third-order valence-electron chi connectivity index (χ3n) is 7.14.